The van der Waals surface area contributed by atoms with E-state index in [0.717, 1.165) is 0 Å². The number of carbonyl (C=O) groups excluding carboxylic acids is 1. The van der Waals surface area contributed by atoms with Crippen LogP contribution in [0.5, 0.6) is 0 Å². The molecule has 0 radical (unpaired) electrons. The molecule has 7 heteroatoms. The third kappa shape index (κ3) is 4.51. The van der Waals surface area contributed by atoms with Crippen molar-refractivity contribution in [1.29, 1.82) is 0 Å². The molecule has 0 aliphatic heterocycles. The molecule has 0 heterocycles. The van der Waals surface area contributed by atoms with Gasteiger partial charge in [0.25, 0.3) is 5.69 Å². The third-order valence-corrected chi connectivity index (χ3v) is 2.94. The Balaban J connectivity index is 2.72. The van der Waals surface area contributed by atoms with Gasteiger partial charge in [0.15, 0.2) is 0 Å². The highest BCUT2D eigenvalue weighted by atomic mass is 79.9. The Morgan fingerprint density at radius 1 is 1.58 bits per heavy atom. The van der Waals surface area contributed by atoms with Gasteiger partial charge in [-0.05, 0) is 19.1 Å². The normalized spacial score (nSPS) is 11.7. The van der Waals surface area contributed by atoms with Gasteiger partial charge in [-0.3, -0.25) is 14.9 Å². The number of hydrogen-bond donors (Lipinski definition) is 1. The molecule has 0 fully saturated rings. The number of nitrogens with one attached hydrogen (secondary N) is 1. The number of anilines is 1. The lowest BCUT2D eigenvalue weighted by atomic mass is 10.1. The van der Waals surface area contributed by atoms with Gasteiger partial charge in [-0.15, -0.1) is 0 Å². The van der Waals surface area contributed by atoms with Gasteiger partial charge in [0, 0.05) is 17.1 Å². The standard InChI is InChI=1S/C12H15BrN2O4/c1-3-19-12(16)8(2)7-14-10-5-4-9(13)6-11(10)15(17)18/h4-6,8,14H,3,7H2,1-2H3/t8-/m1/s1. The van der Waals surface area contributed by atoms with E-state index in [2.05, 4.69) is 21.2 Å². The second-order valence-corrected chi connectivity index (χ2v) is 4.87. The van der Waals surface area contributed by atoms with Crippen LogP contribution in [0.15, 0.2) is 22.7 Å². The van der Waals surface area contributed by atoms with Crippen LogP contribution in [-0.4, -0.2) is 24.0 Å². The van der Waals surface area contributed by atoms with Crippen molar-refractivity contribution in [2.75, 3.05) is 18.5 Å². The maximum atomic E-state index is 11.4. The number of nitro groups is 1. The number of benzene rings is 1. The first-order valence-electron chi connectivity index (χ1n) is 5.80. The molecule has 0 aromatic heterocycles. The topological polar surface area (TPSA) is 81.5 Å². The summed E-state index contributed by atoms with van der Waals surface area (Å²) in [5.41, 5.74) is 0.342. The molecule has 1 rings (SSSR count). The van der Waals surface area contributed by atoms with E-state index in [4.69, 9.17) is 4.74 Å². The lowest BCUT2D eigenvalue weighted by Gasteiger charge is -2.12. The molecule has 0 aliphatic rings. The maximum absolute atomic E-state index is 11.4. The number of esters is 1. The zero-order valence-corrected chi connectivity index (χ0v) is 12.3. The summed E-state index contributed by atoms with van der Waals surface area (Å²) in [6, 6.07) is 4.71. The van der Waals surface area contributed by atoms with E-state index >= 15 is 0 Å². The summed E-state index contributed by atoms with van der Waals surface area (Å²) in [4.78, 5) is 21.9. The molecule has 0 bridgehead atoms. The Hall–Kier alpha value is -1.63. The lowest BCUT2D eigenvalue weighted by molar-refractivity contribution is -0.384. The van der Waals surface area contributed by atoms with Gasteiger partial charge < -0.3 is 10.1 Å². The molecule has 1 aromatic rings. The molecule has 104 valence electrons. The SMILES string of the molecule is CCOC(=O)[C@H](C)CNc1ccc(Br)cc1[N+](=O)[O-]. The van der Waals surface area contributed by atoms with E-state index < -0.39 is 4.92 Å². The Labute approximate surface area is 119 Å². The summed E-state index contributed by atoms with van der Waals surface area (Å²) < 4.78 is 5.50. The quantitative estimate of drug-likeness (QED) is 0.492. The van der Waals surface area contributed by atoms with Crippen molar-refractivity contribution in [3.63, 3.8) is 0 Å². The molecule has 0 spiro atoms. The summed E-state index contributed by atoms with van der Waals surface area (Å²) in [6.45, 7) is 4.04. The van der Waals surface area contributed by atoms with E-state index in [0.29, 0.717) is 16.8 Å². The molecule has 0 amide bonds. The van der Waals surface area contributed by atoms with Gasteiger partial charge in [0.2, 0.25) is 0 Å². The molecule has 6 nitrogen and oxygen atoms in total. The Bertz CT molecular complexity index is 479. The summed E-state index contributed by atoms with van der Waals surface area (Å²) in [5, 5.41) is 13.8. The number of carbonyl (C=O) groups is 1. The van der Waals surface area contributed by atoms with Gasteiger partial charge >= 0.3 is 5.97 Å². The van der Waals surface area contributed by atoms with Crippen molar-refractivity contribution in [2.24, 2.45) is 5.92 Å². The van der Waals surface area contributed by atoms with Crippen molar-refractivity contribution in [3.05, 3.63) is 32.8 Å². The van der Waals surface area contributed by atoms with Crippen LogP contribution in [-0.2, 0) is 9.53 Å². The fraction of sp³-hybridized carbons (Fsp3) is 0.417. The summed E-state index contributed by atoms with van der Waals surface area (Å²) >= 11 is 3.18. The number of halogens is 1. The molecule has 0 unspecified atom stereocenters. The Morgan fingerprint density at radius 3 is 2.84 bits per heavy atom. The smallest absolute Gasteiger partial charge is 0.310 e. The highest BCUT2D eigenvalue weighted by Crippen LogP contribution is 2.28. The minimum Gasteiger partial charge on any atom is -0.466 e. The predicted molar refractivity (Wildman–Crippen MR) is 75.1 cm³/mol. The van der Waals surface area contributed by atoms with Crippen LogP contribution in [0, 0.1) is 16.0 Å². The first-order chi connectivity index (χ1) is 8.95. The van der Waals surface area contributed by atoms with E-state index in [9.17, 15) is 14.9 Å². The molecule has 0 saturated carbocycles. The molecule has 1 atom stereocenters. The van der Waals surface area contributed by atoms with Crippen LogP contribution in [0.2, 0.25) is 0 Å². The number of nitro benzene ring substituents is 1. The highest BCUT2D eigenvalue weighted by molar-refractivity contribution is 9.10. The average molecular weight is 331 g/mol. The van der Waals surface area contributed by atoms with Gasteiger partial charge in [-0.2, -0.15) is 0 Å². The molecular weight excluding hydrogens is 316 g/mol. The van der Waals surface area contributed by atoms with Crippen LogP contribution >= 0.6 is 15.9 Å². The summed E-state index contributed by atoms with van der Waals surface area (Å²) in [7, 11) is 0. The molecule has 0 saturated heterocycles. The number of hydrogen-bond acceptors (Lipinski definition) is 5. The number of rotatable bonds is 6. The molecule has 1 aromatic carbocycles. The van der Waals surface area contributed by atoms with E-state index in [1.165, 1.54) is 6.07 Å². The van der Waals surface area contributed by atoms with Gasteiger partial charge in [-0.25, -0.2) is 0 Å². The minimum atomic E-state index is -0.470. The Kier molecular flexibility index (Phi) is 5.75. The lowest BCUT2D eigenvalue weighted by Crippen LogP contribution is -2.22. The first kappa shape index (κ1) is 15.4. The van der Waals surface area contributed by atoms with Crippen LogP contribution < -0.4 is 5.32 Å². The highest BCUT2D eigenvalue weighted by Gasteiger charge is 2.17. The second-order valence-electron chi connectivity index (χ2n) is 3.95. The van der Waals surface area contributed by atoms with Gasteiger partial charge in [0.1, 0.15) is 5.69 Å². The van der Waals surface area contributed by atoms with Crippen molar-refractivity contribution in [1.82, 2.24) is 0 Å². The third-order valence-electron chi connectivity index (χ3n) is 2.44. The number of nitrogens with zero attached hydrogens (tertiary/aromatic N) is 1. The van der Waals surface area contributed by atoms with Crippen molar-refractivity contribution >= 4 is 33.3 Å². The predicted octanol–water partition coefficient (Wildman–Crippen LogP) is 2.97. The molecule has 19 heavy (non-hydrogen) atoms. The van der Waals surface area contributed by atoms with E-state index in [1.807, 2.05) is 0 Å². The van der Waals surface area contributed by atoms with Crippen LogP contribution in [0.4, 0.5) is 11.4 Å². The summed E-state index contributed by atoms with van der Waals surface area (Å²) in [5.74, 6) is -0.696. The van der Waals surface area contributed by atoms with Gasteiger partial charge in [-0.1, -0.05) is 22.9 Å². The van der Waals surface area contributed by atoms with Gasteiger partial charge in [0.05, 0.1) is 17.4 Å². The second kappa shape index (κ2) is 7.08. The van der Waals surface area contributed by atoms with Crippen LogP contribution in [0.25, 0.3) is 0 Å². The summed E-state index contributed by atoms with van der Waals surface area (Å²) in [6.07, 6.45) is 0. The van der Waals surface area contributed by atoms with Crippen LogP contribution in [0.3, 0.4) is 0 Å². The van der Waals surface area contributed by atoms with E-state index in [1.54, 1.807) is 26.0 Å². The van der Waals surface area contributed by atoms with Crippen molar-refractivity contribution < 1.29 is 14.5 Å². The maximum Gasteiger partial charge on any atom is 0.310 e. The first-order valence-corrected chi connectivity index (χ1v) is 6.59. The Morgan fingerprint density at radius 2 is 2.26 bits per heavy atom. The van der Waals surface area contributed by atoms with Crippen molar-refractivity contribution in [3.8, 4) is 0 Å². The van der Waals surface area contributed by atoms with Crippen LogP contribution in [0.1, 0.15) is 13.8 Å². The fourth-order valence-electron chi connectivity index (χ4n) is 1.44. The molecule has 1 N–H and O–H groups in total. The van der Waals surface area contributed by atoms with Crippen molar-refractivity contribution in [2.45, 2.75) is 13.8 Å². The monoisotopic (exact) mass is 330 g/mol. The zero-order valence-electron chi connectivity index (χ0n) is 10.7. The largest absolute Gasteiger partial charge is 0.466 e. The zero-order chi connectivity index (χ0) is 14.4. The molecular formula is C12H15BrN2O4. The minimum absolute atomic E-state index is 0.0366. The fourth-order valence-corrected chi connectivity index (χ4v) is 1.79. The average Bonchev–Trinajstić information content (AvgIpc) is 2.36. The molecule has 0 aliphatic carbocycles. The number of ether oxygens (including phenoxy) is 1. The van der Waals surface area contributed by atoms with E-state index in [-0.39, 0.29) is 24.1 Å².